The first-order valence-corrected chi connectivity index (χ1v) is 8.85. The van der Waals surface area contributed by atoms with Gasteiger partial charge in [0.1, 0.15) is 4.88 Å². The van der Waals surface area contributed by atoms with Crippen LogP contribution < -0.4 is 5.32 Å². The summed E-state index contributed by atoms with van der Waals surface area (Å²) in [6.45, 7) is 1.94. The molecule has 1 saturated carbocycles. The van der Waals surface area contributed by atoms with E-state index in [4.69, 9.17) is 0 Å². The molecule has 1 aromatic carbocycles. The van der Waals surface area contributed by atoms with Gasteiger partial charge in [-0.1, -0.05) is 43.2 Å². The van der Waals surface area contributed by atoms with Crippen molar-refractivity contribution in [3.8, 4) is 0 Å². The Labute approximate surface area is 135 Å². The van der Waals surface area contributed by atoms with Crippen molar-refractivity contribution in [1.82, 2.24) is 10.3 Å². The number of hydrogen-bond donors (Lipinski definition) is 1. The van der Waals surface area contributed by atoms with Crippen LogP contribution in [0, 0.1) is 6.92 Å². The van der Waals surface area contributed by atoms with Crippen molar-refractivity contribution < 1.29 is 4.79 Å². The molecule has 1 aromatic heterocycles. The van der Waals surface area contributed by atoms with Gasteiger partial charge in [0.25, 0.3) is 5.91 Å². The molecule has 22 heavy (non-hydrogen) atoms. The molecule has 1 heterocycles. The Morgan fingerprint density at radius 1 is 1.23 bits per heavy atom. The van der Waals surface area contributed by atoms with Gasteiger partial charge in [0, 0.05) is 12.5 Å². The van der Waals surface area contributed by atoms with E-state index < -0.39 is 0 Å². The van der Waals surface area contributed by atoms with Crippen LogP contribution in [-0.2, 0) is 12.8 Å². The molecule has 0 spiro atoms. The van der Waals surface area contributed by atoms with Crippen LogP contribution in [0.1, 0.15) is 51.6 Å². The smallest absolute Gasteiger partial charge is 0.263 e. The first-order valence-electron chi connectivity index (χ1n) is 8.03. The first-order chi connectivity index (χ1) is 10.7. The third kappa shape index (κ3) is 3.74. The van der Waals surface area contributed by atoms with Crippen molar-refractivity contribution in [2.75, 3.05) is 0 Å². The van der Waals surface area contributed by atoms with E-state index in [0.29, 0.717) is 6.04 Å². The van der Waals surface area contributed by atoms with Gasteiger partial charge < -0.3 is 5.32 Å². The standard InChI is InChI=1S/C18H22N2OS/c1-13-17(18(21)20-15-9-5-6-10-15)22-16(19-13)12-11-14-7-3-2-4-8-14/h2-4,7-8,15H,5-6,9-12H2,1H3,(H,20,21). The number of carbonyl (C=O) groups excluding carboxylic acids is 1. The molecule has 1 aliphatic rings. The van der Waals surface area contributed by atoms with Crippen LogP contribution in [0.5, 0.6) is 0 Å². The molecule has 3 rings (SSSR count). The van der Waals surface area contributed by atoms with Gasteiger partial charge in [-0.15, -0.1) is 11.3 Å². The monoisotopic (exact) mass is 314 g/mol. The third-order valence-corrected chi connectivity index (χ3v) is 5.42. The van der Waals surface area contributed by atoms with Crippen molar-refractivity contribution in [3.63, 3.8) is 0 Å². The fourth-order valence-corrected chi connectivity index (χ4v) is 3.95. The summed E-state index contributed by atoms with van der Waals surface area (Å²) in [4.78, 5) is 17.7. The first kappa shape index (κ1) is 15.2. The van der Waals surface area contributed by atoms with Crippen LogP contribution in [0.15, 0.2) is 30.3 Å². The SMILES string of the molecule is Cc1nc(CCc2ccccc2)sc1C(=O)NC1CCCC1. The molecule has 0 bridgehead atoms. The molecule has 0 atom stereocenters. The molecule has 2 aromatic rings. The van der Waals surface area contributed by atoms with Gasteiger partial charge in [-0.3, -0.25) is 4.79 Å². The number of benzene rings is 1. The van der Waals surface area contributed by atoms with Crippen LogP contribution >= 0.6 is 11.3 Å². The maximum Gasteiger partial charge on any atom is 0.263 e. The summed E-state index contributed by atoms with van der Waals surface area (Å²) in [6.07, 6.45) is 6.56. The summed E-state index contributed by atoms with van der Waals surface area (Å²) in [5, 5.41) is 4.21. The number of nitrogens with zero attached hydrogens (tertiary/aromatic N) is 1. The zero-order chi connectivity index (χ0) is 15.4. The molecule has 0 saturated heterocycles. The Balaban J connectivity index is 1.61. The molecular weight excluding hydrogens is 292 g/mol. The van der Waals surface area contributed by atoms with Crippen molar-refractivity contribution in [2.24, 2.45) is 0 Å². The van der Waals surface area contributed by atoms with E-state index in [1.807, 2.05) is 13.0 Å². The van der Waals surface area contributed by atoms with Crippen molar-refractivity contribution >= 4 is 17.2 Å². The molecule has 1 amide bonds. The van der Waals surface area contributed by atoms with Gasteiger partial charge in [0.2, 0.25) is 0 Å². The highest BCUT2D eigenvalue weighted by Gasteiger charge is 2.21. The average Bonchev–Trinajstić information content (AvgIpc) is 3.16. The fraction of sp³-hybridized carbons (Fsp3) is 0.444. The van der Waals surface area contributed by atoms with Crippen LogP contribution in [0.2, 0.25) is 0 Å². The van der Waals surface area contributed by atoms with Crippen LogP contribution in [0.25, 0.3) is 0 Å². The number of carbonyl (C=O) groups is 1. The summed E-state index contributed by atoms with van der Waals surface area (Å²) < 4.78 is 0. The van der Waals surface area contributed by atoms with Gasteiger partial charge in [0.15, 0.2) is 0 Å². The number of thiazole rings is 1. The number of amides is 1. The highest BCUT2D eigenvalue weighted by Crippen LogP contribution is 2.22. The van der Waals surface area contributed by atoms with Crippen molar-refractivity contribution in [2.45, 2.75) is 51.5 Å². The molecule has 1 N–H and O–H groups in total. The van der Waals surface area contributed by atoms with E-state index in [2.05, 4.69) is 34.6 Å². The molecular formula is C18H22N2OS. The quantitative estimate of drug-likeness (QED) is 0.909. The summed E-state index contributed by atoms with van der Waals surface area (Å²) in [7, 11) is 0. The van der Waals surface area contributed by atoms with Crippen molar-refractivity contribution in [3.05, 3.63) is 51.5 Å². The summed E-state index contributed by atoms with van der Waals surface area (Å²) in [6, 6.07) is 10.8. The number of aromatic nitrogens is 1. The topological polar surface area (TPSA) is 42.0 Å². The van der Waals surface area contributed by atoms with E-state index in [0.717, 1.165) is 41.3 Å². The maximum absolute atomic E-state index is 12.4. The van der Waals surface area contributed by atoms with Gasteiger partial charge in [-0.25, -0.2) is 4.98 Å². The lowest BCUT2D eigenvalue weighted by Gasteiger charge is -2.10. The number of rotatable bonds is 5. The van der Waals surface area contributed by atoms with E-state index in [9.17, 15) is 4.79 Å². The van der Waals surface area contributed by atoms with Crippen LogP contribution in [-0.4, -0.2) is 16.9 Å². The molecule has 0 unspecified atom stereocenters. The molecule has 0 radical (unpaired) electrons. The Morgan fingerprint density at radius 3 is 2.68 bits per heavy atom. The summed E-state index contributed by atoms with van der Waals surface area (Å²) >= 11 is 1.55. The number of aryl methyl sites for hydroxylation is 3. The molecule has 4 heteroatoms. The Hall–Kier alpha value is -1.68. The summed E-state index contributed by atoms with van der Waals surface area (Å²) in [5.41, 5.74) is 2.18. The second-order valence-corrected chi connectivity index (χ2v) is 7.05. The van der Waals surface area contributed by atoms with Gasteiger partial charge >= 0.3 is 0 Å². The third-order valence-electron chi connectivity index (χ3n) is 4.21. The second-order valence-electron chi connectivity index (χ2n) is 5.96. The predicted octanol–water partition coefficient (Wildman–Crippen LogP) is 3.91. The Kier molecular flexibility index (Phi) is 4.88. The Bertz CT molecular complexity index is 630. The van der Waals surface area contributed by atoms with E-state index in [1.165, 1.54) is 18.4 Å². The fourth-order valence-electron chi connectivity index (χ4n) is 2.99. The highest BCUT2D eigenvalue weighted by atomic mass is 32.1. The molecule has 3 nitrogen and oxygen atoms in total. The second kappa shape index (κ2) is 7.05. The van der Waals surface area contributed by atoms with Crippen molar-refractivity contribution in [1.29, 1.82) is 0 Å². The van der Waals surface area contributed by atoms with Gasteiger partial charge in [-0.2, -0.15) is 0 Å². The zero-order valence-corrected chi connectivity index (χ0v) is 13.8. The minimum Gasteiger partial charge on any atom is -0.349 e. The zero-order valence-electron chi connectivity index (χ0n) is 13.0. The average molecular weight is 314 g/mol. The minimum absolute atomic E-state index is 0.0628. The van der Waals surface area contributed by atoms with Crippen LogP contribution in [0.3, 0.4) is 0 Å². The van der Waals surface area contributed by atoms with Gasteiger partial charge in [-0.05, 0) is 31.7 Å². The minimum atomic E-state index is 0.0628. The van der Waals surface area contributed by atoms with E-state index in [-0.39, 0.29) is 5.91 Å². The number of nitrogens with one attached hydrogen (secondary N) is 1. The molecule has 0 aliphatic heterocycles. The summed E-state index contributed by atoms with van der Waals surface area (Å²) in [5.74, 6) is 0.0628. The number of hydrogen-bond acceptors (Lipinski definition) is 3. The lowest BCUT2D eigenvalue weighted by atomic mass is 10.1. The van der Waals surface area contributed by atoms with E-state index >= 15 is 0 Å². The lowest BCUT2D eigenvalue weighted by Crippen LogP contribution is -2.32. The van der Waals surface area contributed by atoms with Gasteiger partial charge in [0.05, 0.1) is 10.7 Å². The molecule has 1 fully saturated rings. The normalized spacial score (nSPS) is 15.1. The van der Waals surface area contributed by atoms with Crippen LogP contribution in [0.4, 0.5) is 0 Å². The maximum atomic E-state index is 12.4. The molecule has 1 aliphatic carbocycles. The predicted molar refractivity (Wildman–Crippen MR) is 90.4 cm³/mol. The van der Waals surface area contributed by atoms with E-state index in [1.54, 1.807) is 11.3 Å². The highest BCUT2D eigenvalue weighted by molar-refractivity contribution is 7.13. The Morgan fingerprint density at radius 2 is 1.95 bits per heavy atom. The lowest BCUT2D eigenvalue weighted by molar-refractivity contribution is 0.0941. The molecule has 116 valence electrons. The largest absolute Gasteiger partial charge is 0.349 e.